The Balaban J connectivity index is 2.24. The molecule has 0 bridgehead atoms. The largest absolute Gasteiger partial charge is 0.495 e. The molecule has 0 radical (unpaired) electrons. The van der Waals surface area contributed by atoms with Crippen LogP contribution >= 0.6 is 15.9 Å². The summed E-state index contributed by atoms with van der Waals surface area (Å²) < 4.78 is 16.7. The fraction of sp³-hybridized carbons (Fsp3) is 0.312. The van der Waals surface area contributed by atoms with Crippen LogP contribution in [-0.2, 0) is 6.54 Å². The van der Waals surface area contributed by atoms with Crippen LogP contribution in [0.15, 0.2) is 33.2 Å². The summed E-state index contributed by atoms with van der Waals surface area (Å²) >= 11 is 3.39. The third-order valence-corrected chi connectivity index (χ3v) is 4.01. The van der Waals surface area contributed by atoms with E-state index in [4.69, 9.17) is 13.9 Å². The van der Waals surface area contributed by atoms with Crippen molar-refractivity contribution in [2.45, 2.75) is 13.5 Å². The molecule has 22 heavy (non-hydrogen) atoms. The molecule has 0 N–H and O–H groups in total. The van der Waals surface area contributed by atoms with Gasteiger partial charge in [-0.15, -0.1) is 0 Å². The van der Waals surface area contributed by atoms with Crippen LogP contribution in [0.2, 0.25) is 0 Å². The van der Waals surface area contributed by atoms with Crippen LogP contribution in [0, 0.1) is 6.92 Å². The Morgan fingerprint density at radius 3 is 2.27 bits per heavy atom. The van der Waals surface area contributed by atoms with Crippen molar-refractivity contribution in [2.24, 2.45) is 0 Å². The Bertz CT molecular complexity index is 656. The van der Waals surface area contributed by atoms with E-state index in [2.05, 4.69) is 15.9 Å². The lowest BCUT2D eigenvalue weighted by Gasteiger charge is -2.17. The molecule has 1 heterocycles. The van der Waals surface area contributed by atoms with Crippen molar-refractivity contribution in [2.75, 3.05) is 21.3 Å². The number of furan rings is 1. The Morgan fingerprint density at radius 2 is 1.82 bits per heavy atom. The van der Waals surface area contributed by atoms with Gasteiger partial charge in [0, 0.05) is 12.6 Å². The smallest absolute Gasteiger partial charge is 0.254 e. The van der Waals surface area contributed by atoms with Crippen LogP contribution in [0.4, 0.5) is 0 Å². The van der Waals surface area contributed by atoms with Crippen LogP contribution < -0.4 is 9.47 Å². The fourth-order valence-electron chi connectivity index (χ4n) is 2.09. The maximum absolute atomic E-state index is 12.6. The van der Waals surface area contributed by atoms with Gasteiger partial charge < -0.3 is 18.8 Å². The number of carbonyl (C=O) groups is 1. The number of benzene rings is 1. The third-order valence-electron chi connectivity index (χ3n) is 3.23. The number of amides is 1. The van der Waals surface area contributed by atoms with Gasteiger partial charge in [-0.1, -0.05) is 0 Å². The maximum atomic E-state index is 12.6. The Hall–Kier alpha value is -1.95. The van der Waals surface area contributed by atoms with Crippen molar-refractivity contribution in [1.29, 1.82) is 0 Å². The summed E-state index contributed by atoms with van der Waals surface area (Å²) in [5.41, 5.74) is 0.489. The van der Waals surface area contributed by atoms with Gasteiger partial charge in [0.2, 0.25) is 0 Å². The van der Waals surface area contributed by atoms with Gasteiger partial charge in [-0.2, -0.15) is 0 Å². The number of carbonyl (C=O) groups excluding carboxylic acids is 1. The number of hydrogen-bond donors (Lipinski definition) is 0. The van der Waals surface area contributed by atoms with Gasteiger partial charge in [0.15, 0.2) is 0 Å². The first-order valence-electron chi connectivity index (χ1n) is 6.68. The number of rotatable bonds is 5. The SMILES string of the molecule is COc1cc(C(=O)N(C)Cc2ccc(C)o2)cc(OC)c1Br. The molecule has 6 heteroatoms. The van der Waals surface area contributed by atoms with Gasteiger partial charge in [-0.3, -0.25) is 4.79 Å². The molecule has 0 saturated carbocycles. The zero-order valence-corrected chi connectivity index (χ0v) is 14.6. The van der Waals surface area contributed by atoms with Crippen LogP contribution in [0.5, 0.6) is 11.5 Å². The van der Waals surface area contributed by atoms with Crippen molar-refractivity contribution in [3.63, 3.8) is 0 Å². The lowest BCUT2D eigenvalue weighted by molar-refractivity contribution is 0.0774. The van der Waals surface area contributed by atoms with Gasteiger partial charge >= 0.3 is 0 Å². The van der Waals surface area contributed by atoms with Gasteiger partial charge in [0.25, 0.3) is 5.91 Å². The minimum absolute atomic E-state index is 0.141. The molecule has 1 aromatic heterocycles. The summed E-state index contributed by atoms with van der Waals surface area (Å²) in [4.78, 5) is 14.1. The number of hydrogen-bond acceptors (Lipinski definition) is 4. The summed E-state index contributed by atoms with van der Waals surface area (Å²) in [6.45, 7) is 2.27. The van der Waals surface area contributed by atoms with Crippen LogP contribution in [0.3, 0.4) is 0 Å². The monoisotopic (exact) mass is 367 g/mol. The molecule has 1 aromatic carbocycles. The second kappa shape index (κ2) is 6.87. The Kier molecular flexibility index (Phi) is 5.13. The lowest BCUT2D eigenvalue weighted by Crippen LogP contribution is -2.26. The molecule has 1 amide bonds. The highest BCUT2D eigenvalue weighted by atomic mass is 79.9. The van der Waals surface area contributed by atoms with Crippen molar-refractivity contribution in [3.8, 4) is 11.5 Å². The average Bonchev–Trinajstić information content (AvgIpc) is 2.91. The van der Waals surface area contributed by atoms with E-state index in [0.717, 1.165) is 11.5 Å². The minimum Gasteiger partial charge on any atom is -0.495 e. The summed E-state index contributed by atoms with van der Waals surface area (Å²) in [6.07, 6.45) is 0. The molecule has 0 aliphatic rings. The number of aryl methyl sites for hydroxylation is 1. The van der Waals surface area contributed by atoms with E-state index < -0.39 is 0 Å². The van der Waals surface area contributed by atoms with Crippen LogP contribution in [-0.4, -0.2) is 32.1 Å². The molecule has 0 atom stereocenters. The third kappa shape index (κ3) is 3.44. The number of nitrogens with zero attached hydrogens (tertiary/aromatic N) is 1. The first-order valence-corrected chi connectivity index (χ1v) is 7.48. The number of ether oxygens (including phenoxy) is 2. The Labute approximate surface area is 137 Å². The van der Waals surface area contributed by atoms with Crippen LogP contribution in [0.1, 0.15) is 21.9 Å². The quantitative estimate of drug-likeness (QED) is 0.809. The molecule has 2 aromatic rings. The van der Waals surface area contributed by atoms with Crippen molar-refractivity contribution in [1.82, 2.24) is 4.90 Å². The van der Waals surface area contributed by atoms with E-state index in [0.29, 0.717) is 28.1 Å². The summed E-state index contributed by atoms with van der Waals surface area (Å²) in [5.74, 6) is 2.51. The van der Waals surface area contributed by atoms with Gasteiger partial charge in [0.05, 0.1) is 20.8 Å². The van der Waals surface area contributed by atoms with Gasteiger partial charge in [-0.25, -0.2) is 0 Å². The molecule has 2 rings (SSSR count). The number of halogens is 1. The summed E-state index contributed by atoms with van der Waals surface area (Å²) in [5, 5.41) is 0. The van der Waals surface area contributed by atoms with E-state index in [1.54, 1.807) is 38.3 Å². The molecule has 0 saturated heterocycles. The molecular weight excluding hydrogens is 350 g/mol. The lowest BCUT2D eigenvalue weighted by atomic mass is 10.1. The van der Waals surface area contributed by atoms with E-state index in [1.807, 2.05) is 19.1 Å². The normalized spacial score (nSPS) is 10.4. The van der Waals surface area contributed by atoms with Crippen molar-refractivity contribution >= 4 is 21.8 Å². The Morgan fingerprint density at radius 1 is 1.23 bits per heavy atom. The summed E-state index contributed by atoms with van der Waals surface area (Å²) in [7, 11) is 4.81. The van der Waals surface area contributed by atoms with E-state index in [9.17, 15) is 4.79 Å². The molecular formula is C16H18BrNO4. The molecule has 0 aliphatic carbocycles. The topological polar surface area (TPSA) is 51.9 Å². The molecule has 0 unspecified atom stereocenters. The zero-order valence-electron chi connectivity index (χ0n) is 13.0. The zero-order chi connectivity index (χ0) is 16.3. The number of methoxy groups -OCH3 is 2. The molecule has 0 aliphatic heterocycles. The highest BCUT2D eigenvalue weighted by molar-refractivity contribution is 9.10. The predicted molar refractivity (Wildman–Crippen MR) is 86.5 cm³/mol. The standard InChI is InChI=1S/C16H18BrNO4/c1-10-5-6-12(22-10)9-18(2)16(19)11-7-13(20-3)15(17)14(8-11)21-4/h5-8H,9H2,1-4H3. The maximum Gasteiger partial charge on any atom is 0.254 e. The fourth-order valence-corrected chi connectivity index (χ4v) is 2.64. The van der Waals surface area contributed by atoms with Crippen molar-refractivity contribution in [3.05, 3.63) is 45.8 Å². The highest BCUT2D eigenvalue weighted by Gasteiger charge is 2.18. The average molecular weight is 368 g/mol. The molecule has 5 nitrogen and oxygen atoms in total. The minimum atomic E-state index is -0.141. The second-order valence-electron chi connectivity index (χ2n) is 4.87. The molecule has 0 fully saturated rings. The predicted octanol–water partition coefficient (Wildman–Crippen LogP) is 3.64. The van der Waals surface area contributed by atoms with E-state index >= 15 is 0 Å². The van der Waals surface area contributed by atoms with E-state index in [-0.39, 0.29) is 5.91 Å². The second-order valence-corrected chi connectivity index (χ2v) is 5.66. The first-order chi connectivity index (χ1) is 10.5. The molecule has 0 spiro atoms. The van der Waals surface area contributed by atoms with Gasteiger partial charge in [0.1, 0.15) is 27.5 Å². The molecule has 118 valence electrons. The van der Waals surface area contributed by atoms with Crippen LogP contribution in [0.25, 0.3) is 0 Å². The van der Waals surface area contributed by atoms with E-state index in [1.165, 1.54) is 0 Å². The van der Waals surface area contributed by atoms with Crippen molar-refractivity contribution < 1.29 is 18.7 Å². The highest BCUT2D eigenvalue weighted by Crippen LogP contribution is 2.35. The van der Waals surface area contributed by atoms with Gasteiger partial charge in [-0.05, 0) is 47.1 Å². The first kappa shape index (κ1) is 16.4. The summed E-state index contributed by atoms with van der Waals surface area (Å²) in [6, 6.07) is 7.10.